The molecule has 0 saturated heterocycles. The first-order valence-electron chi connectivity index (χ1n) is 8.73. The Hall–Kier alpha value is -2.03. The molecule has 0 spiro atoms. The van der Waals surface area contributed by atoms with Crippen molar-refractivity contribution < 1.29 is 4.79 Å². The molecular formula is C20H26N2O. The van der Waals surface area contributed by atoms with Crippen LogP contribution in [0.2, 0.25) is 0 Å². The van der Waals surface area contributed by atoms with E-state index in [0.717, 1.165) is 19.3 Å². The quantitative estimate of drug-likeness (QED) is 0.894. The molecule has 3 nitrogen and oxygen atoms in total. The Morgan fingerprint density at radius 2 is 1.83 bits per heavy atom. The monoisotopic (exact) mass is 310 g/mol. The van der Waals surface area contributed by atoms with Gasteiger partial charge < -0.3 is 10.2 Å². The molecule has 0 bridgehead atoms. The number of benzene rings is 2. The number of fused-ring (bicyclic) bond motifs is 1. The van der Waals surface area contributed by atoms with Crippen molar-refractivity contribution >= 4 is 16.8 Å². The normalized spacial score (nSPS) is 15.5. The van der Waals surface area contributed by atoms with Crippen LogP contribution in [0.5, 0.6) is 0 Å². The molecule has 1 N–H and O–H groups in total. The van der Waals surface area contributed by atoms with Crippen molar-refractivity contribution in [3.8, 4) is 0 Å². The van der Waals surface area contributed by atoms with Crippen LogP contribution in [0.25, 0.3) is 10.8 Å². The predicted molar refractivity (Wildman–Crippen MR) is 95.7 cm³/mol. The second-order valence-electron chi connectivity index (χ2n) is 6.52. The third-order valence-corrected chi connectivity index (χ3v) is 4.99. The number of carbonyl (C=O) groups is 1. The van der Waals surface area contributed by atoms with Gasteiger partial charge in [-0.25, -0.2) is 4.79 Å². The SMILES string of the molecule is CN(C(=O)NCCc1cccc2ccccc12)C1CCCCC1. The van der Waals surface area contributed by atoms with Crippen LogP contribution in [0.1, 0.15) is 37.7 Å². The van der Waals surface area contributed by atoms with Crippen molar-refractivity contribution in [3.05, 3.63) is 48.0 Å². The second kappa shape index (κ2) is 7.49. The number of amides is 2. The largest absolute Gasteiger partial charge is 0.338 e. The van der Waals surface area contributed by atoms with Gasteiger partial charge in [0.05, 0.1) is 0 Å². The third kappa shape index (κ3) is 3.84. The Bertz CT molecular complexity index is 656. The molecule has 23 heavy (non-hydrogen) atoms. The predicted octanol–water partition coefficient (Wildman–Crippen LogP) is 4.36. The van der Waals surface area contributed by atoms with E-state index in [-0.39, 0.29) is 6.03 Å². The van der Waals surface area contributed by atoms with E-state index in [2.05, 4.69) is 47.8 Å². The van der Waals surface area contributed by atoms with Crippen LogP contribution in [-0.4, -0.2) is 30.6 Å². The van der Waals surface area contributed by atoms with Gasteiger partial charge >= 0.3 is 6.03 Å². The van der Waals surface area contributed by atoms with Crippen molar-refractivity contribution in [2.45, 2.75) is 44.6 Å². The van der Waals surface area contributed by atoms with Crippen LogP contribution in [0.4, 0.5) is 4.79 Å². The standard InChI is InChI=1S/C20H26N2O/c1-22(18-11-3-2-4-12-18)20(23)21-15-14-17-10-7-9-16-8-5-6-13-19(16)17/h5-10,13,18H,2-4,11-12,14-15H2,1H3,(H,21,23). The van der Waals surface area contributed by atoms with E-state index in [1.807, 2.05) is 11.9 Å². The van der Waals surface area contributed by atoms with Crippen LogP contribution < -0.4 is 5.32 Å². The van der Waals surface area contributed by atoms with Crippen LogP contribution in [0, 0.1) is 0 Å². The highest BCUT2D eigenvalue weighted by Crippen LogP contribution is 2.22. The van der Waals surface area contributed by atoms with Gasteiger partial charge in [0.2, 0.25) is 0 Å². The summed E-state index contributed by atoms with van der Waals surface area (Å²) in [5.74, 6) is 0. The van der Waals surface area contributed by atoms with Gasteiger partial charge in [0.1, 0.15) is 0 Å². The summed E-state index contributed by atoms with van der Waals surface area (Å²) in [6, 6.07) is 15.3. The van der Waals surface area contributed by atoms with Crippen molar-refractivity contribution in [3.63, 3.8) is 0 Å². The maximum Gasteiger partial charge on any atom is 0.317 e. The van der Waals surface area contributed by atoms with E-state index in [1.165, 1.54) is 35.6 Å². The topological polar surface area (TPSA) is 32.3 Å². The van der Waals surface area contributed by atoms with Crippen LogP contribution in [-0.2, 0) is 6.42 Å². The summed E-state index contributed by atoms with van der Waals surface area (Å²) in [7, 11) is 1.93. The summed E-state index contributed by atoms with van der Waals surface area (Å²) in [4.78, 5) is 14.2. The smallest absolute Gasteiger partial charge is 0.317 e. The lowest BCUT2D eigenvalue weighted by Gasteiger charge is -2.31. The van der Waals surface area contributed by atoms with Gasteiger partial charge in [-0.3, -0.25) is 0 Å². The zero-order valence-electron chi connectivity index (χ0n) is 13.9. The maximum atomic E-state index is 12.3. The summed E-state index contributed by atoms with van der Waals surface area (Å²) >= 11 is 0. The lowest BCUT2D eigenvalue weighted by molar-refractivity contribution is 0.174. The molecule has 2 amide bonds. The van der Waals surface area contributed by atoms with Crippen molar-refractivity contribution in [2.75, 3.05) is 13.6 Å². The van der Waals surface area contributed by atoms with E-state index in [0.29, 0.717) is 12.6 Å². The average molecular weight is 310 g/mol. The number of rotatable bonds is 4. The number of urea groups is 1. The Morgan fingerprint density at radius 1 is 1.09 bits per heavy atom. The molecule has 3 rings (SSSR count). The van der Waals surface area contributed by atoms with Gasteiger partial charge in [-0.15, -0.1) is 0 Å². The summed E-state index contributed by atoms with van der Waals surface area (Å²) in [5, 5.41) is 5.62. The molecule has 1 saturated carbocycles. The lowest BCUT2D eigenvalue weighted by Crippen LogP contribution is -2.44. The molecule has 0 aromatic heterocycles. The zero-order valence-corrected chi connectivity index (χ0v) is 13.9. The number of nitrogens with zero attached hydrogens (tertiary/aromatic N) is 1. The maximum absolute atomic E-state index is 12.3. The van der Waals surface area contributed by atoms with E-state index in [1.54, 1.807) is 0 Å². The average Bonchev–Trinajstić information content (AvgIpc) is 2.62. The molecule has 0 radical (unpaired) electrons. The molecular weight excluding hydrogens is 284 g/mol. The molecule has 1 fully saturated rings. The fourth-order valence-electron chi connectivity index (χ4n) is 3.57. The molecule has 0 aliphatic heterocycles. The van der Waals surface area contributed by atoms with Gasteiger partial charge in [-0.2, -0.15) is 0 Å². The summed E-state index contributed by atoms with van der Waals surface area (Å²) in [6.45, 7) is 0.684. The van der Waals surface area contributed by atoms with Crippen LogP contribution in [0.3, 0.4) is 0 Å². The first-order valence-corrected chi connectivity index (χ1v) is 8.73. The summed E-state index contributed by atoms with van der Waals surface area (Å²) in [5.41, 5.74) is 1.30. The number of nitrogens with one attached hydrogen (secondary N) is 1. The highest BCUT2D eigenvalue weighted by molar-refractivity contribution is 5.85. The minimum Gasteiger partial charge on any atom is -0.338 e. The van der Waals surface area contributed by atoms with E-state index in [4.69, 9.17) is 0 Å². The Balaban J connectivity index is 1.55. The van der Waals surface area contributed by atoms with Gasteiger partial charge in [-0.05, 0) is 35.6 Å². The van der Waals surface area contributed by atoms with Crippen molar-refractivity contribution in [2.24, 2.45) is 0 Å². The molecule has 1 aliphatic carbocycles. The van der Waals surface area contributed by atoms with E-state index in [9.17, 15) is 4.79 Å². The number of hydrogen-bond donors (Lipinski definition) is 1. The fourth-order valence-corrected chi connectivity index (χ4v) is 3.57. The molecule has 0 atom stereocenters. The molecule has 0 unspecified atom stereocenters. The van der Waals surface area contributed by atoms with Crippen molar-refractivity contribution in [1.29, 1.82) is 0 Å². The number of carbonyl (C=O) groups excluding carboxylic acids is 1. The zero-order chi connectivity index (χ0) is 16.1. The van der Waals surface area contributed by atoms with E-state index >= 15 is 0 Å². The highest BCUT2D eigenvalue weighted by Gasteiger charge is 2.21. The Morgan fingerprint density at radius 3 is 2.65 bits per heavy atom. The molecule has 2 aromatic carbocycles. The molecule has 3 heteroatoms. The number of hydrogen-bond acceptors (Lipinski definition) is 1. The molecule has 1 aliphatic rings. The first kappa shape index (κ1) is 15.9. The molecule has 0 heterocycles. The van der Waals surface area contributed by atoms with Gasteiger partial charge in [0, 0.05) is 19.6 Å². The summed E-state index contributed by atoms with van der Waals surface area (Å²) < 4.78 is 0. The highest BCUT2D eigenvalue weighted by atomic mass is 16.2. The molecule has 2 aromatic rings. The van der Waals surface area contributed by atoms with Gasteiger partial charge in [0.15, 0.2) is 0 Å². The van der Waals surface area contributed by atoms with Crippen molar-refractivity contribution in [1.82, 2.24) is 10.2 Å². The lowest BCUT2D eigenvalue weighted by atomic mass is 9.95. The van der Waals surface area contributed by atoms with Gasteiger partial charge in [-0.1, -0.05) is 61.7 Å². The Labute approximate surface area is 138 Å². The molecule has 122 valence electrons. The van der Waals surface area contributed by atoms with E-state index < -0.39 is 0 Å². The second-order valence-corrected chi connectivity index (χ2v) is 6.52. The minimum absolute atomic E-state index is 0.0668. The van der Waals surface area contributed by atoms with Crippen LogP contribution in [0.15, 0.2) is 42.5 Å². The Kier molecular flexibility index (Phi) is 5.16. The van der Waals surface area contributed by atoms with Gasteiger partial charge in [0.25, 0.3) is 0 Å². The fraction of sp³-hybridized carbons (Fsp3) is 0.450. The first-order chi connectivity index (χ1) is 11.3. The summed E-state index contributed by atoms with van der Waals surface area (Å²) in [6.07, 6.45) is 6.97. The van der Waals surface area contributed by atoms with Crippen LogP contribution >= 0.6 is 0 Å². The third-order valence-electron chi connectivity index (χ3n) is 4.99. The minimum atomic E-state index is 0.0668.